The SMILES string of the molecule is O=C(Nc1ccc(S(=O)(=O)NC2=NCCCCC2)cc1)c1ccc(CN2C(=O)CCC2=O)cc1. The Labute approximate surface area is 198 Å². The summed E-state index contributed by atoms with van der Waals surface area (Å²) in [7, 11) is -3.74. The first-order chi connectivity index (χ1) is 16.3. The number of rotatable bonds is 6. The number of amides is 3. The second kappa shape index (κ2) is 10.2. The number of imide groups is 1. The summed E-state index contributed by atoms with van der Waals surface area (Å²) in [5, 5.41) is 2.74. The molecule has 3 amide bonds. The first-order valence-electron chi connectivity index (χ1n) is 11.2. The highest BCUT2D eigenvalue weighted by Crippen LogP contribution is 2.18. The molecule has 0 atom stereocenters. The van der Waals surface area contributed by atoms with Crippen LogP contribution in [0.25, 0.3) is 0 Å². The maximum Gasteiger partial charge on any atom is 0.262 e. The fourth-order valence-electron chi connectivity index (χ4n) is 3.84. The monoisotopic (exact) mass is 482 g/mol. The van der Waals surface area contributed by atoms with E-state index >= 15 is 0 Å². The molecule has 178 valence electrons. The van der Waals surface area contributed by atoms with E-state index in [1.54, 1.807) is 24.3 Å². The Morgan fingerprint density at radius 2 is 1.56 bits per heavy atom. The van der Waals surface area contributed by atoms with Gasteiger partial charge >= 0.3 is 0 Å². The van der Waals surface area contributed by atoms with Crippen LogP contribution >= 0.6 is 0 Å². The van der Waals surface area contributed by atoms with Crippen molar-refractivity contribution < 1.29 is 22.8 Å². The summed E-state index contributed by atoms with van der Waals surface area (Å²) >= 11 is 0. The molecule has 9 nitrogen and oxygen atoms in total. The van der Waals surface area contributed by atoms with Crippen molar-refractivity contribution >= 4 is 39.3 Å². The molecule has 0 bridgehead atoms. The molecule has 0 radical (unpaired) electrons. The molecule has 2 aromatic rings. The van der Waals surface area contributed by atoms with Crippen molar-refractivity contribution in [3.05, 3.63) is 59.7 Å². The Balaban J connectivity index is 1.36. The lowest BCUT2D eigenvalue weighted by Crippen LogP contribution is -2.30. The molecular weight excluding hydrogens is 456 g/mol. The van der Waals surface area contributed by atoms with Crippen molar-refractivity contribution in [1.82, 2.24) is 9.62 Å². The number of aliphatic imine (C=N–C) groups is 1. The molecule has 0 saturated carbocycles. The molecule has 2 aromatic carbocycles. The third kappa shape index (κ3) is 5.69. The first kappa shape index (κ1) is 23.6. The molecule has 1 saturated heterocycles. The lowest BCUT2D eigenvalue weighted by Gasteiger charge is -2.14. The van der Waals surface area contributed by atoms with E-state index in [-0.39, 0.29) is 42.0 Å². The molecule has 0 spiro atoms. The molecule has 10 heteroatoms. The number of hydrogen-bond acceptors (Lipinski definition) is 6. The van der Waals surface area contributed by atoms with Crippen LogP contribution in [0.2, 0.25) is 0 Å². The highest BCUT2D eigenvalue weighted by atomic mass is 32.2. The Kier molecular flexibility index (Phi) is 7.06. The van der Waals surface area contributed by atoms with Crippen molar-refractivity contribution in [3.8, 4) is 0 Å². The van der Waals surface area contributed by atoms with E-state index in [0.717, 1.165) is 24.8 Å². The van der Waals surface area contributed by atoms with Gasteiger partial charge in [-0.05, 0) is 54.8 Å². The maximum atomic E-state index is 12.6. The minimum atomic E-state index is -3.74. The average Bonchev–Trinajstić information content (AvgIpc) is 3.00. The first-order valence-corrected chi connectivity index (χ1v) is 12.7. The second-order valence-corrected chi connectivity index (χ2v) is 9.98. The van der Waals surface area contributed by atoms with E-state index in [1.165, 1.54) is 29.2 Å². The average molecular weight is 483 g/mol. The third-order valence-electron chi connectivity index (χ3n) is 5.76. The second-order valence-electron chi connectivity index (χ2n) is 8.29. The summed E-state index contributed by atoms with van der Waals surface area (Å²) < 4.78 is 27.8. The van der Waals surface area contributed by atoms with Gasteiger partial charge in [0.15, 0.2) is 0 Å². The Morgan fingerprint density at radius 3 is 2.24 bits per heavy atom. The van der Waals surface area contributed by atoms with Crippen molar-refractivity contribution in [1.29, 1.82) is 0 Å². The number of nitrogens with zero attached hydrogens (tertiary/aromatic N) is 2. The smallest absolute Gasteiger partial charge is 0.262 e. The zero-order valence-corrected chi connectivity index (χ0v) is 19.4. The number of likely N-dealkylation sites (tertiary alicyclic amines) is 1. The molecule has 2 aliphatic heterocycles. The molecule has 0 aromatic heterocycles. The van der Waals surface area contributed by atoms with E-state index in [0.29, 0.717) is 30.1 Å². The zero-order chi connectivity index (χ0) is 24.1. The molecule has 1 fully saturated rings. The van der Waals surface area contributed by atoms with Gasteiger partial charge in [0.1, 0.15) is 5.84 Å². The van der Waals surface area contributed by atoms with Crippen LogP contribution in [-0.2, 0) is 26.2 Å². The molecule has 34 heavy (non-hydrogen) atoms. The van der Waals surface area contributed by atoms with Gasteiger partial charge in [-0.25, -0.2) is 8.42 Å². The summed E-state index contributed by atoms with van der Waals surface area (Å²) in [5.74, 6) is -0.248. The normalized spacial score (nSPS) is 16.7. The minimum Gasteiger partial charge on any atom is -0.322 e. The molecular formula is C24H26N4O5S. The molecule has 4 rings (SSSR count). The summed E-state index contributed by atoms with van der Waals surface area (Å²) in [4.78, 5) is 41.7. The fourth-order valence-corrected chi connectivity index (χ4v) is 4.92. The van der Waals surface area contributed by atoms with Crippen LogP contribution in [0, 0.1) is 0 Å². The quantitative estimate of drug-likeness (QED) is 0.613. The summed E-state index contributed by atoms with van der Waals surface area (Å²) in [6.07, 6.45) is 3.98. The molecule has 2 aliphatic rings. The zero-order valence-electron chi connectivity index (χ0n) is 18.6. The van der Waals surface area contributed by atoms with Crippen LogP contribution in [-0.4, -0.2) is 43.4 Å². The van der Waals surface area contributed by atoms with E-state index < -0.39 is 10.0 Å². The van der Waals surface area contributed by atoms with Crippen LogP contribution in [0.4, 0.5) is 5.69 Å². The lowest BCUT2D eigenvalue weighted by molar-refractivity contribution is -0.139. The minimum absolute atomic E-state index is 0.0906. The van der Waals surface area contributed by atoms with E-state index in [2.05, 4.69) is 15.0 Å². The van der Waals surface area contributed by atoms with Crippen LogP contribution in [0.1, 0.15) is 54.4 Å². The predicted octanol–water partition coefficient (Wildman–Crippen LogP) is 2.84. The molecule has 2 N–H and O–H groups in total. The molecule has 0 unspecified atom stereocenters. The molecule has 0 aliphatic carbocycles. The Morgan fingerprint density at radius 1 is 0.882 bits per heavy atom. The van der Waals surface area contributed by atoms with E-state index in [9.17, 15) is 22.8 Å². The van der Waals surface area contributed by atoms with Crippen LogP contribution in [0.15, 0.2) is 58.4 Å². The van der Waals surface area contributed by atoms with Gasteiger partial charge in [-0.15, -0.1) is 0 Å². The number of hydrogen-bond donors (Lipinski definition) is 2. The number of carbonyl (C=O) groups is 3. The highest BCUT2D eigenvalue weighted by molar-refractivity contribution is 7.90. The van der Waals surface area contributed by atoms with Crippen LogP contribution in [0.3, 0.4) is 0 Å². The third-order valence-corrected chi connectivity index (χ3v) is 7.16. The van der Waals surface area contributed by atoms with E-state index in [1.807, 2.05) is 0 Å². The summed E-state index contributed by atoms with van der Waals surface area (Å²) in [6, 6.07) is 12.6. The number of benzene rings is 2. The predicted molar refractivity (Wildman–Crippen MR) is 127 cm³/mol. The van der Waals surface area contributed by atoms with Crippen molar-refractivity contribution in [2.75, 3.05) is 11.9 Å². The lowest BCUT2D eigenvalue weighted by atomic mass is 10.1. The van der Waals surface area contributed by atoms with Gasteiger partial charge in [-0.1, -0.05) is 18.6 Å². The summed E-state index contributed by atoms with van der Waals surface area (Å²) in [5.41, 5.74) is 1.60. The van der Waals surface area contributed by atoms with Crippen molar-refractivity contribution in [2.45, 2.75) is 50.0 Å². The topological polar surface area (TPSA) is 125 Å². The van der Waals surface area contributed by atoms with Gasteiger partial charge < -0.3 is 5.32 Å². The maximum absolute atomic E-state index is 12.6. The van der Waals surface area contributed by atoms with Gasteiger partial charge in [0.2, 0.25) is 11.8 Å². The van der Waals surface area contributed by atoms with E-state index in [4.69, 9.17) is 0 Å². The van der Waals surface area contributed by atoms with Crippen LogP contribution < -0.4 is 10.0 Å². The van der Waals surface area contributed by atoms with Gasteiger partial charge in [-0.3, -0.25) is 29.0 Å². The Bertz CT molecular complexity index is 1210. The summed E-state index contributed by atoms with van der Waals surface area (Å²) in [6.45, 7) is 0.814. The fraction of sp³-hybridized carbons (Fsp3) is 0.333. The number of anilines is 1. The standard InChI is InChI=1S/C24H26N4O5S/c29-22-13-14-23(30)28(22)16-17-5-7-18(8-6-17)24(31)26-19-9-11-20(12-10-19)34(32,33)27-21-4-2-1-3-15-25-21/h5-12H,1-4,13-16H2,(H,25,27)(H,26,31). The Hall–Kier alpha value is -3.53. The van der Waals surface area contributed by atoms with Crippen molar-refractivity contribution in [3.63, 3.8) is 0 Å². The van der Waals surface area contributed by atoms with Gasteiger partial charge in [-0.2, -0.15) is 0 Å². The molecule has 2 heterocycles. The van der Waals surface area contributed by atoms with Crippen LogP contribution in [0.5, 0.6) is 0 Å². The largest absolute Gasteiger partial charge is 0.322 e. The van der Waals surface area contributed by atoms with Crippen molar-refractivity contribution in [2.24, 2.45) is 4.99 Å². The van der Waals surface area contributed by atoms with Gasteiger partial charge in [0.25, 0.3) is 15.9 Å². The number of nitrogens with one attached hydrogen (secondary N) is 2. The highest BCUT2D eigenvalue weighted by Gasteiger charge is 2.28. The number of sulfonamides is 1. The number of amidine groups is 1. The van der Waals surface area contributed by atoms with Gasteiger partial charge in [0, 0.05) is 37.1 Å². The van der Waals surface area contributed by atoms with Gasteiger partial charge in [0.05, 0.1) is 11.4 Å². The number of carbonyl (C=O) groups excluding carboxylic acids is 3.